The molecule has 0 saturated heterocycles. The molecule has 7 nitrogen and oxygen atoms in total. The van der Waals surface area contributed by atoms with Gasteiger partial charge in [0.15, 0.2) is 5.75 Å². The first kappa shape index (κ1) is 29.5. The fourth-order valence-corrected chi connectivity index (χ4v) is 4.52. The molecule has 0 fully saturated rings. The Kier molecular flexibility index (Phi) is 10.2. The summed E-state index contributed by atoms with van der Waals surface area (Å²) in [4.78, 5) is 28.2. The molecule has 0 bridgehead atoms. The molecule has 3 aromatic rings. The van der Waals surface area contributed by atoms with Crippen molar-refractivity contribution in [2.75, 3.05) is 13.7 Å². The maximum atomic E-state index is 12.2. The Hall–Kier alpha value is -3.04. The predicted octanol–water partition coefficient (Wildman–Crippen LogP) is 5.78. The van der Waals surface area contributed by atoms with Gasteiger partial charge < -0.3 is 24.3 Å². The summed E-state index contributed by atoms with van der Waals surface area (Å²) in [5, 5.41) is 4.26. The van der Waals surface area contributed by atoms with Crippen molar-refractivity contribution >= 4 is 52.7 Å². The number of aromatic nitrogens is 1. The second-order valence-corrected chi connectivity index (χ2v) is 10.2. The Labute approximate surface area is 237 Å². The minimum atomic E-state index is -1.21. The number of hydrogen-bond acceptors (Lipinski definition) is 7. The number of methoxy groups -OCH3 is 1. The largest absolute Gasteiger partial charge is 0.493 e. The summed E-state index contributed by atoms with van der Waals surface area (Å²) in [6.45, 7) is 4.84. The van der Waals surface area contributed by atoms with E-state index in [2.05, 4.69) is 10.3 Å². The van der Waals surface area contributed by atoms with E-state index in [0.29, 0.717) is 10.0 Å². The lowest BCUT2D eigenvalue weighted by atomic mass is 9.87. The smallest absolute Gasteiger partial charge is 0.308 e. The van der Waals surface area contributed by atoms with Crippen LogP contribution in [0.2, 0.25) is 10.0 Å². The summed E-state index contributed by atoms with van der Waals surface area (Å²) in [6.07, 6.45) is 1.84. The first-order valence-corrected chi connectivity index (χ1v) is 12.9. The fourth-order valence-electron chi connectivity index (χ4n) is 3.89. The number of halogens is 2. The molecule has 200 valence electrons. The van der Waals surface area contributed by atoms with Crippen molar-refractivity contribution in [2.45, 2.75) is 38.3 Å². The van der Waals surface area contributed by atoms with Gasteiger partial charge in [0.1, 0.15) is 22.5 Å². The molecular formula is C28H28Cl2N2O5S. The van der Waals surface area contributed by atoms with E-state index in [0.717, 1.165) is 17.4 Å². The zero-order chi connectivity index (χ0) is 27.9. The van der Waals surface area contributed by atoms with E-state index in [-0.39, 0.29) is 40.8 Å². The summed E-state index contributed by atoms with van der Waals surface area (Å²) >= 11 is 17.8. The zero-order valence-corrected chi connectivity index (χ0v) is 23.7. The highest BCUT2D eigenvalue weighted by atomic mass is 35.5. The summed E-state index contributed by atoms with van der Waals surface area (Å²) in [5.41, 5.74) is 0.934. The molecule has 1 heterocycles. The van der Waals surface area contributed by atoms with E-state index in [4.69, 9.17) is 49.6 Å². The maximum absolute atomic E-state index is 12.2. The highest BCUT2D eigenvalue weighted by Gasteiger charge is 2.31. The first-order valence-electron chi connectivity index (χ1n) is 11.7. The molecule has 0 amide bonds. The van der Waals surface area contributed by atoms with Gasteiger partial charge in [0.25, 0.3) is 0 Å². The minimum Gasteiger partial charge on any atom is -0.493 e. The second kappa shape index (κ2) is 13.2. The predicted molar refractivity (Wildman–Crippen MR) is 152 cm³/mol. The van der Waals surface area contributed by atoms with E-state index in [9.17, 15) is 9.59 Å². The van der Waals surface area contributed by atoms with Crippen molar-refractivity contribution in [2.24, 2.45) is 0 Å². The third kappa shape index (κ3) is 7.51. The van der Waals surface area contributed by atoms with Crippen LogP contribution in [0.4, 0.5) is 0 Å². The third-order valence-corrected chi connectivity index (χ3v) is 6.58. The van der Waals surface area contributed by atoms with Crippen molar-refractivity contribution < 1.29 is 23.8 Å². The average Bonchev–Trinajstić information content (AvgIpc) is 2.89. The zero-order valence-electron chi connectivity index (χ0n) is 21.4. The van der Waals surface area contributed by atoms with Crippen molar-refractivity contribution in [3.05, 3.63) is 87.7 Å². The SMILES string of the molecule is COc1ccnc(C(=S)N[C@](C)(C=O)CO[C@@H](C)C(c2ccc(Cl)cc2)c2ccc(Cl)cc2)c1OC(C)=O. The number of esters is 1. The van der Waals surface area contributed by atoms with Crippen molar-refractivity contribution in [1.29, 1.82) is 0 Å². The third-order valence-electron chi connectivity index (χ3n) is 5.78. The molecule has 2 atom stereocenters. The molecule has 1 aromatic heterocycles. The minimum absolute atomic E-state index is 0.0116. The van der Waals surface area contributed by atoms with Crippen LogP contribution >= 0.6 is 35.4 Å². The quantitative estimate of drug-likeness (QED) is 0.175. The number of ether oxygens (including phenoxy) is 3. The summed E-state index contributed by atoms with van der Waals surface area (Å²) in [7, 11) is 1.44. The molecule has 0 unspecified atom stereocenters. The van der Waals surface area contributed by atoms with Crippen molar-refractivity contribution in [3.8, 4) is 11.5 Å². The number of aldehydes is 1. The molecule has 0 spiro atoms. The van der Waals surface area contributed by atoms with Gasteiger partial charge in [-0.05, 0) is 49.2 Å². The molecule has 0 aliphatic carbocycles. The van der Waals surface area contributed by atoms with Gasteiger partial charge in [-0.1, -0.05) is 59.7 Å². The van der Waals surface area contributed by atoms with Gasteiger partial charge in [-0.3, -0.25) is 4.79 Å². The van der Waals surface area contributed by atoms with Crippen molar-refractivity contribution in [3.63, 3.8) is 0 Å². The second-order valence-electron chi connectivity index (χ2n) is 8.87. The van der Waals surface area contributed by atoms with Crippen LogP contribution < -0.4 is 14.8 Å². The molecule has 10 heteroatoms. The Morgan fingerprint density at radius 2 is 1.63 bits per heavy atom. The van der Waals surface area contributed by atoms with Gasteiger partial charge in [-0.25, -0.2) is 4.98 Å². The van der Waals surface area contributed by atoms with Crippen LogP contribution in [0.5, 0.6) is 11.5 Å². The summed E-state index contributed by atoms with van der Waals surface area (Å²) in [5.74, 6) is -0.386. The van der Waals surface area contributed by atoms with E-state index in [1.807, 2.05) is 55.5 Å². The Morgan fingerprint density at radius 1 is 1.08 bits per heavy atom. The van der Waals surface area contributed by atoms with Gasteiger partial charge in [-0.2, -0.15) is 0 Å². The molecule has 3 rings (SSSR count). The molecular weight excluding hydrogens is 547 g/mol. The highest BCUT2D eigenvalue weighted by Crippen LogP contribution is 2.33. The molecule has 1 N–H and O–H groups in total. The number of thiocarbonyl (C=S) groups is 1. The molecule has 0 aliphatic heterocycles. The topological polar surface area (TPSA) is 86.8 Å². The maximum Gasteiger partial charge on any atom is 0.308 e. The van der Waals surface area contributed by atoms with Crippen LogP contribution in [-0.2, 0) is 14.3 Å². The molecule has 38 heavy (non-hydrogen) atoms. The number of benzene rings is 2. The lowest BCUT2D eigenvalue weighted by Gasteiger charge is -2.31. The van der Waals surface area contributed by atoms with Gasteiger partial charge in [-0.15, -0.1) is 0 Å². The number of carbonyl (C=O) groups excluding carboxylic acids is 2. The average molecular weight is 576 g/mol. The molecule has 2 aromatic carbocycles. The van der Waals surface area contributed by atoms with Crippen LogP contribution in [0.3, 0.4) is 0 Å². The Bertz CT molecular complexity index is 1240. The Morgan fingerprint density at radius 3 is 2.11 bits per heavy atom. The fraction of sp³-hybridized carbons (Fsp3) is 0.286. The van der Waals surface area contributed by atoms with E-state index in [1.165, 1.54) is 20.2 Å². The number of pyridine rings is 1. The molecule has 0 saturated carbocycles. The van der Waals surface area contributed by atoms with Crippen LogP contribution in [0.1, 0.15) is 43.5 Å². The number of carbonyl (C=O) groups is 2. The van der Waals surface area contributed by atoms with Gasteiger partial charge >= 0.3 is 5.97 Å². The van der Waals surface area contributed by atoms with Crippen molar-refractivity contribution in [1.82, 2.24) is 10.3 Å². The molecule has 0 radical (unpaired) electrons. The van der Waals surface area contributed by atoms with E-state index in [1.54, 1.807) is 13.0 Å². The Balaban J connectivity index is 1.82. The standard InChI is InChI=1S/C28H28Cl2N2O5S/c1-17(24(19-5-9-21(29)10-6-19)20-7-11-22(30)12-8-20)36-16-28(3,15-33)32-27(38)25-26(37-18(2)34)23(35-4)13-14-31-25/h5-15,17,24H,16H2,1-4H3,(H,32,38)/t17-,28+/m0/s1. The number of rotatable bonds is 11. The van der Waals surface area contributed by atoms with Gasteiger partial charge in [0.2, 0.25) is 5.75 Å². The lowest BCUT2D eigenvalue weighted by molar-refractivity contribution is -0.132. The van der Waals surface area contributed by atoms with Gasteiger partial charge in [0, 0.05) is 35.2 Å². The first-order chi connectivity index (χ1) is 18.1. The van der Waals surface area contributed by atoms with E-state index < -0.39 is 11.5 Å². The van der Waals surface area contributed by atoms with Crippen LogP contribution in [0, 0.1) is 0 Å². The normalized spacial score (nSPS) is 13.3. The number of hydrogen-bond donors (Lipinski definition) is 1. The van der Waals surface area contributed by atoms with Crippen LogP contribution in [0.25, 0.3) is 0 Å². The monoisotopic (exact) mass is 574 g/mol. The van der Waals surface area contributed by atoms with E-state index >= 15 is 0 Å². The number of nitrogens with zero attached hydrogens (tertiary/aromatic N) is 1. The van der Waals surface area contributed by atoms with Gasteiger partial charge in [0.05, 0.1) is 19.8 Å². The highest BCUT2D eigenvalue weighted by molar-refractivity contribution is 7.80. The number of nitrogens with one attached hydrogen (secondary N) is 1. The summed E-state index contributed by atoms with van der Waals surface area (Å²) < 4.78 is 16.8. The lowest BCUT2D eigenvalue weighted by Crippen LogP contribution is -2.51. The molecule has 0 aliphatic rings. The van der Waals surface area contributed by atoms with Crippen LogP contribution in [-0.4, -0.2) is 47.6 Å². The van der Waals surface area contributed by atoms with Crippen LogP contribution in [0.15, 0.2) is 60.8 Å². The summed E-state index contributed by atoms with van der Waals surface area (Å²) in [6, 6.07) is 16.6.